The average molecular weight is 223 g/mol. The van der Waals surface area contributed by atoms with Gasteiger partial charge in [-0.1, -0.05) is 12.1 Å². The van der Waals surface area contributed by atoms with E-state index in [1.54, 1.807) is 12.1 Å². The smallest absolute Gasteiger partial charge is 0.303 e. The van der Waals surface area contributed by atoms with Gasteiger partial charge in [0.1, 0.15) is 5.75 Å². The van der Waals surface area contributed by atoms with E-state index < -0.39 is 5.97 Å². The van der Waals surface area contributed by atoms with Crippen LogP contribution >= 0.6 is 0 Å². The van der Waals surface area contributed by atoms with Crippen LogP contribution < -0.4 is 5.32 Å². The molecule has 0 aromatic heterocycles. The standard InChI is InChI=1S/C11H13NO4/c1-7(13)12-11-8(5-6-10(15)16)3-2-4-9(11)14/h2-4,14H,5-6H2,1H3,(H,12,13)(H,15,16). The van der Waals surface area contributed by atoms with Gasteiger partial charge in [0.2, 0.25) is 5.91 Å². The van der Waals surface area contributed by atoms with Crippen molar-refractivity contribution in [3.63, 3.8) is 0 Å². The van der Waals surface area contributed by atoms with E-state index in [1.165, 1.54) is 13.0 Å². The van der Waals surface area contributed by atoms with Gasteiger partial charge in [-0.2, -0.15) is 0 Å². The van der Waals surface area contributed by atoms with Gasteiger partial charge in [-0.25, -0.2) is 0 Å². The van der Waals surface area contributed by atoms with Crippen molar-refractivity contribution in [2.24, 2.45) is 0 Å². The van der Waals surface area contributed by atoms with Gasteiger partial charge < -0.3 is 15.5 Å². The van der Waals surface area contributed by atoms with Gasteiger partial charge >= 0.3 is 5.97 Å². The lowest BCUT2D eigenvalue weighted by Crippen LogP contribution is -2.09. The predicted octanol–water partition coefficient (Wildman–Crippen LogP) is 1.37. The highest BCUT2D eigenvalue weighted by atomic mass is 16.4. The van der Waals surface area contributed by atoms with Gasteiger partial charge in [0.15, 0.2) is 0 Å². The maximum absolute atomic E-state index is 10.9. The molecule has 0 aliphatic heterocycles. The maximum Gasteiger partial charge on any atom is 0.303 e. The van der Waals surface area contributed by atoms with E-state index in [-0.39, 0.29) is 30.2 Å². The summed E-state index contributed by atoms with van der Waals surface area (Å²) in [6.07, 6.45) is 0.218. The van der Waals surface area contributed by atoms with Crippen LogP contribution in [-0.4, -0.2) is 22.1 Å². The summed E-state index contributed by atoms with van der Waals surface area (Å²) in [5.41, 5.74) is 0.897. The number of aromatic hydroxyl groups is 1. The lowest BCUT2D eigenvalue weighted by molar-refractivity contribution is -0.136. The number of anilines is 1. The molecule has 0 spiro atoms. The Hall–Kier alpha value is -2.04. The first-order valence-electron chi connectivity index (χ1n) is 4.81. The number of para-hydroxylation sites is 1. The second-order valence-corrected chi connectivity index (χ2v) is 3.39. The van der Waals surface area contributed by atoms with Crippen LogP contribution in [0.2, 0.25) is 0 Å². The molecule has 0 atom stereocenters. The second kappa shape index (κ2) is 5.16. The molecule has 5 heteroatoms. The third kappa shape index (κ3) is 3.27. The number of carboxylic acids is 1. The molecule has 0 aliphatic carbocycles. The number of hydrogen-bond donors (Lipinski definition) is 3. The molecule has 16 heavy (non-hydrogen) atoms. The number of carboxylic acid groups (broad SMARTS) is 1. The molecule has 1 amide bonds. The van der Waals surface area contributed by atoms with Crippen LogP contribution in [0, 0.1) is 0 Å². The summed E-state index contributed by atoms with van der Waals surface area (Å²) in [7, 11) is 0. The van der Waals surface area contributed by atoms with E-state index in [1.807, 2.05) is 0 Å². The van der Waals surface area contributed by atoms with Crippen molar-refractivity contribution in [2.75, 3.05) is 5.32 Å². The van der Waals surface area contributed by atoms with Crippen LogP contribution in [0.1, 0.15) is 18.9 Å². The Morgan fingerprint density at radius 3 is 2.62 bits per heavy atom. The molecule has 0 fully saturated rings. The Balaban J connectivity index is 2.93. The Morgan fingerprint density at radius 2 is 2.06 bits per heavy atom. The van der Waals surface area contributed by atoms with E-state index >= 15 is 0 Å². The molecule has 1 aromatic carbocycles. The zero-order valence-corrected chi connectivity index (χ0v) is 8.86. The highest BCUT2D eigenvalue weighted by molar-refractivity contribution is 5.91. The van der Waals surface area contributed by atoms with Crippen LogP contribution in [0.3, 0.4) is 0 Å². The highest BCUT2D eigenvalue weighted by Crippen LogP contribution is 2.28. The molecule has 0 radical (unpaired) electrons. The first kappa shape index (κ1) is 12.0. The normalized spacial score (nSPS) is 9.81. The number of rotatable bonds is 4. The fourth-order valence-electron chi connectivity index (χ4n) is 1.36. The van der Waals surface area contributed by atoms with Crippen LogP contribution in [0.25, 0.3) is 0 Å². The number of carbonyl (C=O) groups excluding carboxylic acids is 1. The number of aryl methyl sites for hydroxylation is 1. The van der Waals surface area contributed by atoms with Crippen molar-refractivity contribution in [2.45, 2.75) is 19.8 Å². The highest BCUT2D eigenvalue weighted by Gasteiger charge is 2.10. The summed E-state index contributed by atoms with van der Waals surface area (Å²) in [6.45, 7) is 1.33. The fraction of sp³-hybridized carbons (Fsp3) is 0.273. The van der Waals surface area contributed by atoms with Crippen molar-refractivity contribution in [1.29, 1.82) is 0 Å². The number of phenols is 1. The molecule has 0 heterocycles. The number of benzene rings is 1. The van der Waals surface area contributed by atoms with Gasteiger partial charge in [-0.15, -0.1) is 0 Å². The van der Waals surface area contributed by atoms with Crippen LogP contribution in [0.15, 0.2) is 18.2 Å². The van der Waals surface area contributed by atoms with Gasteiger partial charge in [0.05, 0.1) is 5.69 Å². The van der Waals surface area contributed by atoms with Crippen LogP contribution in [0.4, 0.5) is 5.69 Å². The Labute approximate surface area is 92.7 Å². The first-order chi connectivity index (χ1) is 7.50. The van der Waals surface area contributed by atoms with Crippen molar-refractivity contribution in [1.82, 2.24) is 0 Å². The first-order valence-corrected chi connectivity index (χ1v) is 4.81. The summed E-state index contributed by atoms with van der Waals surface area (Å²) in [5, 5.41) is 20.6. The summed E-state index contributed by atoms with van der Waals surface area (Å²) < 4.78 is 0. The number of hydrogen-bond acceptors (Lipinski definition) is 3. The largest absolute Gasteiger partial charge is 0.506 e. The third-order valence-electron chi connectivity index (χ3n) is 2.04. The number of nitrogens with one attached hydrogen (secondary N) is 1. The van der Waals surface area contributed by atoms with E-state index in [2.05, 4.69) is 5.32 Å². The van der Waals surface area contributed by atoms with Crippen LogP contribution in [-0.2, 0) is 16.0 Å². The van der Waals surface area contributed by atoms with Crippen molar-refractivity contribution in [3.05, 3.63) is 23.8 Å². The van der Waals surface area contributed by atoms with Crippen LogP contribution in [0.5, 0.6) is 5.75 Å². The molecular weight excluding hydrogens is 210 g/mol. The summed E-state index contributed by atoms with van der Waals surface area (Å²) in [6, 6.07) is 4.72. The molecule has 1 rings (SSSR count). The topological polar surface area (TPSA) is 86.6 Å². The molecule has 3 N–H and O–H groups in total. The van der Waals surface area contributed by atoms with Gasteiger partial charge in [0.25, 0.3) is 0 Å². The number of amides is 1. The quantitative estimate of drug-likeness (QED) is 0.673. The molecule has 86 valence electrons. The number of carbonyl (C=O) groups is 2. The number of aliphatic carboxylic acids is 1. The minimum atomic E-state index is -0.919. The van der Waals surface area contributed by atoms with Gasteiger partial charge in [-0.05, 0) is 18.1 Å². The Morgan fingerprint density at radius 1 is 1.38 bits per heavy atom. The lowest BCUT2D eigenvalue weighted by atomic mass is 10.1. The second-order valence-electron chi connectivity index (χ2n) is 3.39. The molecule has 0 bridgehead atoms. The van der Waals surface area contributed by atoms with Crippen molar-refractivity contribution in [3.8, 4) is 5.75 Å². The SMILES string of the molecule is CC(=O)Nc1c(O)cccc1CCC(=O)O. The van der Waals surface area contributed by atoms with E-state index in [0.717, 1.165) is 0 Å². The summed E-state index contributed by atoms with van der Waals surface area (Å²) in [4.78, 5) is 21.4. The monoisotopic (exact) mass is 223 g/mol. The molecule has 5 nitrogen and oxygen atoms in total. The molecule has 1 aromatic rings. The molecule has 0 saturated carbocycles. The van der Waals surface area contributed by atoms with Gasteiger partial charge in [0, 0.05) is 13.3 Å². The average Bonchev–Trinajstić information content (AvgIpc) is 2.18. The maximum atomic E-state index is 10.9. The zero-order chi connectivity index (χ0) is 12.1. The van der Waals surface area contributed by atoms with E-state index in [0.29, 0.717) is 5.56 Å². The van der Waals surface area contributed by atoms with Crippen molar-refractivity contribution < 1.29 is 19.8 Å². The van der Waals surface area contributed by atoms with E-state index in [4.69, 9.17) is 5.11 Å². The molecule has 0 saturated heterocycles. The summed E-state index contributed by atoms with van der Waals surface area (Å²) >= 11 is 0. The molecule has 0 unspecified atom stereocenters. The molecular formula is C11H13NO4. The summed E-state index contributed by atoms with van der Waals surface area (Å²) in [5.74, 6) is -1.28. The molecule has 0 aliphatic rings. The Bertz CT molecular complexity index is 414. The fourth-order valence-corrected chi connectivity index (χ4v) is 1.36. The van der Waals surface area contributed by atoms with Crippen molar-refractivity contribution >= 4 is 17.6 Å². The van der Waals surface area contributed by atoms with E-state index in [9.17, 15) is 14.7 Å². The lowest BCUT2D eigenvalue weighted by Gasteiger charge is -2.10. The minimum Gasteiger partial charge on any atom is -0.506 e. The Kier molecular flexibility index (Phi) is 3.88. The third-order valence-corrected chi connectivity index (χ3v) is 2.04. The van der Waals surface area contributed by atoms with Gasteiger partial charge in [-0.3, -0.25) is 9.59 Å². The minimum absolute atomic E-state index is 0.0456. The zero-order valence-electron chi connectivity index (χ0n) is 8.86. The number of phenolic OH excluding ortho intramolecular Hbond substituents is 1. The predicted molar refractivity (Wildman–Crippen MR) is 58.4 cm³/mol.